The number of aliphatic carboxylic acids is 1. The van der Waals surface area contributed by atoms with Crippen molar-refractivity contribution >= 4 is 27.6 Å². The maximum atomic E-state index is 12.9. The lowest BCUT2D eigenvalue weighted by molar-refractivity contribution is -0.150. The third-order valence-electron chi connectivity index (χ3n) is 5.08. The maximum Gasteiger partial charge on any atom is 0.345 e. The van der Waals surface area contributed by atoms with E-state index in [-0.39, 0.29) is 4.90 Å². The van der Waals surface area contributed by atoms with E-state index in [1.807, 2.05) is 6.92 Å². The summed E-state index contributed by atoms with van der Waals surface area (Å²) in [5.74, 6) is 5.20. The first kappa shape index (κ1) is 26.7. The average molecular weight is 492 g/mol. The van der Waals surface area contributed by atoms with Gasteiger partial charge < -0.3 is 9.84 Å². The smallest absolute Gasteiger partial charge is 0.345 e. The van der Waals surface area contributed by atoms with E-state index in [1.165, 1.54) is 4.31 Å². The number of carboxylic acid groups (broad SMARTS) is 1. The minimum absolute atomic E-state index is 0.169. The molecular weight excluding hydrogens is 462 g/mol. The van der Waals surface area contributed by atoms with Crippen molar-refractivity contribution in [2.45, 2.75) is 52.5 Å². The summed E-state index contributed by atoms with van der Waals surface area (Å²) in [4.78, 5) is 11.9. The summed E-state index contributed by atoms with van der Waals surface area (Å²) in [6.45, 7) is 11.5. The van der Waals surface area contributed by atoms with Crippen LogP contribution in [0.3, 0.4) is 0 Å². The van der Waals surface area contributed by atoms with Gasteiger partial charge in [0.1, 0.15) is 5.75 Å². The molecule has 1 N–H and O–H groups in total. The van der Waals surface area contributed by atoms with E-state index < -0.39 is 27.5 Å². The van der Waals surface area contributed by atoms with Crippen molar-refractivity contribution in [2.75, 3.05) is 13.1 Å². The maximum absolute atomic E-state index is 12.9. The first-order chi connectivity index (χ1) is 15.3. The molecule has 0 spiro atoms. The normalized spacial score (nSPS) is 12.7. The highest BCUT2D eigenvalue weighted by Gasteiger charge is 2.33. The second kappa shape index (κ2) is 10.6. The monoisotopic (exact) mass is 491 g/mol. The van der Waals surface area contributed by atoms with Crippen molar-refractivity contribution in [1.82, 2.24) is 4.31 Å². The van der Waals surface area contributed by atoms with E-state index in [9.17, 15) is 18.3 Å². The van der Waals surface area contributed by atoms with Crippen molar-refractivity contribution in [1.29, 1.82) is 0 Å². The summed E-state index contributed by atoms with van der Waals surface area (Å²) >= 11 is 6.15. The van der Waals surface area contributed by atoms with Crippen LogP contribution in [0.4, 0.5) is 0 Å². The van der Waals surface area contributed by atoms with Gasteiger partial charge in [0.2, 0.25) is 10.0 Å². The fourth-order valence-electron chi connectivity index (χ4n) is 3.17. The largest absolute Gasteiger partial charge is 0.478 e. The third-order valence-corrected chi connectivity index (χ3v) is 7.36. The third kappa shape index (κ3) is 6.50. The van der Waals surface area contributed by atoms with Crippen LogP contribution < -0.4 is 4.74 Å². The van der Waals surface area contributed by atoms with E-state index in [2.05, 4.69) is 11.8 Å². The Labute approximate surface area is 201 Å². The average Bonchev–Trinajstić information content (AvgIpc) is 2.71. The summed E-state index contributed by atoms with van der Waals surface area (Å²) in [6, 6.07) is 9.63. The predicted octanol–water partition coefficient (Wildman–Crippen LogP) is 4.96. The Balaban J connectivity index is 2.53. The molecular formula is C25H30ClNO5S. The second-order valence-electron chi connectivity index (χ2n) is 8.66. The van der Waals surface area contributed by atoms with Gasteiger partial charge in [0.15, 0.2) is 6.10 Å². The molecule has 1 unspecified atom stereocenters. The number of benzene rings is 2. The van der Waals surface area contributed by atoms with Gasteiger partial charge in [0, 0.05) is 29.1 Å². The summed E-state index contributed by atoms with van der Waals surface area (Å²) in [5, 5.41) is 10.0. The highest BCUT2D eigenvalue weighted by Crippen LogP contribution is 2.29. The Bertz CT molecular complexity index is 1190. The number of halogens is 1. The van der Waals surface area contributed by atoms with E-state index in [4.69, 9.17) is 16.3 Å². The summed E-state index contributed by atoms with van der Waals surface area (Å²) in [7, 11) is -3.63. The lowest BCUT2D eigenvalue weighted by atomic mass is 9.89. The number of rotatable bonds is 7. The quantitative estimate of drug-likeness (QED) is 0.553. The van der Waals surface area contributed by atoms with Gasteiger partial charge in [-0.15, -0.1) is 0 Å². The van der Waals surface area contributed by atoms with Crippen molar-refractivity contribution in [3.05, 3.63) is 58.1 Å². The molecule has 0 aromatic heterocycles. The number of aryl methyl sites for hydroxylation is 1. The van der Waals surface area contributed by atoms with Gasteiger partial charge in [-0.05, 0) is 42.8 Å². The highest BCUT2D eigenvalue weighted by atomic mass is 35.5. The van der Waals surface area contributed by atoms with Crippen molar-refractivity contribution < 1.29 is 23.1 Å². The molecule has 0 aliphatic carbocycles. The molecule has 0 aliphatic heterocycles. The molecule has 8 heteroatoms. The number of nitrogens with zero attached hydrogens (tertiary/aromatic N) is 1. The van der Waals surface area contributed by atoms with Crippen LogP contribution in [0.1, 0.15) is 51.3 Å². The van der Waals surface area contributed by atoms with Crippen molar-refractivity contribution in [2.24, 2.45) is 5.41 Å². The summed E-state index contributed by atoms with van der Waals surface area (Å²) in [5.41, 5.74) is 1.11. The number of carbonyl (C=O) groups is 1. The number of sulfonamides is 1. The number of hydrogen-bond donors (Lipinski definition) is 1. The highest BCUT2D eigenvalue weighted by molar-refractivity contribution is 7.89. The molecule has 33 heavy (non-hydrogen) atoms. The lowest BCUT2D eigenvalue weighted by Gasteiger charge is -2.28. The molecule has 1 atom stereocenters. The molecule has 6 nitrogen and oxygen atoms in total. The van der Waals surface area contributed by atoms with Crippen LogP contribution in [-0.2, 0) is 14.8 Å². The van der Waals surface area contributed by atoms with Gasteiger partial charge in [-0.1, -0.05) is 64.1 Å². The molecule has 0 radical (unpaired) electrons. The van der Waals surface area contributed by atoms with Crippen LogP contribution in [0.25, 0.3) is 0 Å². The van der Waals surface area contributed by atoms with E-state index in [0.717, 1.165) is 5.56 Å². The first-order valence-corrected chi connectivity index (χ1v) is 12.4. The molecule has 0 fully saturated rings. The summed E-state index contributed by atoms with van der Waals surface area (Å²) < 4.78 is 33.0. The first-order valence-electron chi connectivity index (χ1n) is 10.6. The lowest BCUT2D eigenvalue weighted by Crippen LogP contribution is -2.39. The molecule has 2 aromatic carbocycles. The molecule has 2 rings (SSSR count). The predicted molar refractivity (Wildman–Crippen MR) is 130 cm³/mol. The van der Waals surface area contributed by atoms with Gasteiger partial charge in [0.05, 0.1) is 10.5 Å². The van der Waals surface area contributed by atoms with Crippen LogP contribution in [0, 0.1) is 24.2 Å². The Morgan fingerprint density at radius 3 is 2.24 bits per heavy atom. The second-order valence-corrected chi connectivity index (χ2v) is 11.0. The van der Waals surface area contributed by atoms with Crippen LogP contribution in [0.5, 0.6) is 5.75 Å². The number of carboxylic acids is 1. The van der Waals surface area contributed by atoms with Crippen LogP contribution in [0.15, 0.2) is 41.3 Å². The minimum atomic E-state index is -3.63. The van der Waals surface area contributed by atoms with Gasteiger partial charge in [-0.25, -0.2) is 13.2 Å². The number of ether oxygens (including phenoxy) is 1. The molecule has 2 aromatic rings. The molecule has 0 saturated carbocycles. The van der Waals surface area contributed by atoms with Crippen LogP contribution in [-0.4, -0.2) is 43.0 Å². The van der Waals surface area contributed by atoms with Crippen molar-refractivity contribution in [3.63, 3.8) is 0 Å². The van der Waals surface area contributed by atoms with Gasteiger partial charge in [0.25, 0.3) is 0 Å². The Morgan fingerprint density at radius 1 is 1.09 bits per heavy atom. The van der Waals surface area contributed by atoms with Crippen LogP contribution >= 0.6 is 11.6 Å². The fourth-order valence-corrected chi connectivity index (χ4v) is 4.83. The Hall–Kier alpha value is -2.53. The molecule has 0 bridgehead atoms. The molecule has 0 amide bonds. The Morgan fingerprint density at radius 2 is 1.70 bits per heavy atom. The van der Waals surface area contributed by atoms with E-state index >= 15 is 0 Å². The number of hydrogen-bond acceptors (Lipinski definition) is 4. The zero-order chi connectivity index (χ0) is 25.0. The zero-order valence-electron chi connectivity index (χ0n) is 19.8. The SMILES string of the molecule is CCN(CC)S(=O)(=O)c1ccc(C)c(C#Cc2cc(Cl)ccc2OC(C(=O)O)C(C)(C)C)c1. The standard InChI is InChI=1S/C25H30ClNO5S/c1-7-27(8-2)33(30,31)21-13-9-17(3)18(16-21)10-11-19-15-20(26)12-14-22(19)32-23(24(28)29)25(4,5)6/h9,12-16,23H,7-8H2,1-6H3,(H,28,29). The summed E-state index contributed by atoms with van der Waals surface area (Å²) in [6.07, 6.45) is -1.09. The van der Waals surface area contributed by atoms with E-state index in [0.29, 0.717) is 35.0 Å². The van der Waals surface area contributed by atoms with E-state index in [1.54, 1.807) is 71.0 Å². The molecule has 0 heterocycles. The van der Waals surface area contributed by atoms with Gasteiger partial charge in [-0.2, -0.15) is 4.31 Å². The van der Waals surface area contributed by atoms with Crippen LogP contribution in [0.2, 0.25) is 5.02 Å². The van der Waals surface area contributed by atoms with Gasteiger partial charge >= 0.3 is 5.97 Å². The molecule has 178 valence electrons. The molecule has 0 aliphatic rings. The molecule has 0 saturated heterocycles. The van der Waals surface area contributed by atoms with Gasteiger partial charge in [-0.3, -0.25) is 0 Å². The zero-order valence-corrected chi connectivity index (χ0v) is 21.3. The topological polar surface area (TPSA) is 83.9 Å². The minimum Gasteiger partial charge on any atom is -0.478 e. The Kier molecular flexibility index (Phi) is 8.58. The fraction of sp³-hybridized carbons (Fsp3) is 0.400. The van der Waals surface area contributed by atoms with Crippen molar-refractivity contribution in [3.8, 4) is 17.6 Å².